The number of rotatable bonds is 6. The van der Waals surface area contributed by atoms with Crippen LogP contribution in [-0.4, -0.2) is 18.2 Å². The summed E-state index contributed by atoms with van der Waals surface area (Å²) in [5, 5.41) is 8.67. The molecule has 1 aliphatic rings. The molecule has 0 bridgehead atoms. The molecule has 2 rings (SSSR count). The Hall–Kier alpha value is -0.920. The molecule has 86 valence electrons. The standard InChI is InChI=1S/C12H16N2OS/c1-10-11(16-9-14-10)2-7-15-8-12(3-4-12)5-6-13/h9H,2-5,7-8H2,1H3. The van der Waals surface area contributed by atoms with E-state index in [1.165, 1.54) is 4.88 Å². The SMILES string of the molecule is Cc1ncsc1CCOCC1(CC#N)CC1. The second-order valence-corrected chi connectivity index (χ2v) is 5.44. The average molecular weight is 236 g/mol. The first-order valence-corrected chi connectivity index (χ1v) is 6.47. The van der Waals surface area contributed by atoms with E-state index in [1.54, 1.807) is 11.3 Å². The maximum atomic E-state index is 8.67. The van der Waals surface area contributed by atoms with Gasteiger partial charge in [-0.1, -0.05) is 0 Å². The molecular formula is C12H16N2OS. The van der Waals surface area contributed by atoms with Gasteiger partial charge in [0.2, 0.25) is 0 Å². The first-order valence-electron chi connectivity index (χ1n) is 5.59. The third kappa shape index (κ3) is 2.81. The third-order valence-electron chi connectivity index (χ3n) is 3.14. The fourth-order valence-corrected chi connectivity index (χ4v) is 2.50. The number of nitriles is 1. The zero-order valence-corrected chi connectivity index (χ0v) is 10.3. The summed E-state index contributed by atoms with van der Waals surface area (Å²) >= 11 is 1.69. The van der Waals surface area contributed by atoms with Crippen LogP contribution in [0.3, 0.4) is 0 Å². The van der Waals surface area contributed by atoms with Crippen molar-refractivity contribution in [3.05, 3.63) is 16.1 Å². The number of thiazole rings is 1. The Bertz CT molecular complexity index is 390. The van der Waals surface area contributed by atoms with Crippen LogP contribution >= 0.6 is 11.3 Å². The molecule has 1 aromatic heterocycles. The number of aryl methyl sites for hydroxylation is 1. The summed E-state index contributed by atoms with van der Waals surface area (Å²) in [4.78, 5) is 5.52. The summed E-state index contributed by atoms with van der Waals surface area (Å²) in [7, 11) is 0. The topological polar surface area (TPSA) is 45.9 Å². The van der Waals surface area contributed by atoms with Gasteiger partial charge in [0, 0.05) is 23.1 Å². The molecule has 0 N–H and O–H groups in total. The Morgan fingerprint density at radius 2 is 2.44 bits per heavy atom. The summed E-state index contributed by atoms with van der Waals surface area (Å²) in [6.45, 7) is 3.53. The first kappa shape index (κ1) is 11.6. The van der Waals surface area contributed by atoms with Gasteiger partial charge in [0.25, 0.3) is 0 Å². The van der Waals surface area contributed by atoms with Gasteiger partial charge in [-0.25, -0.2) is 4.98 Å². The van der Waals surface area contributed by atoms with Crippen molar-refractivity contribution in [3.8, 4) is 6.07 Å². The van der Waals surface area contributed by atoms with Crippen molar-refractivity contribution in [1.29, 1.82) is 5.26 Å². The van der Waals surface area contributed by atoms with Crippen molar-refractivity contribution in [1.82, 2.24) is 4.98 Å². The van der Waals surface area contributed by atoms with Crippen LogP contribution in [0.2, 0.25) is 0 Å². The highest BCUT2D eigenvalue weighted by atomic mass is 32.1. The minimum absolute atomic E-state index is 0.206. The zero-order chi connectivity index (χ0) is 11.4. The van der Waals surface area contributed by atoms with Gasteiger partial charge in [-0.2, -0.15) is 5.26 Å². The first-order chi connectivity index (χ1) is 7.76. The molecule has 0 atom stereocenters. The second-order valence-electron chi connectivity index (χ2n) is 4.50. The van der Waals surface area contributed by atoms with Crippen LogP contribution in [0.4, 0.5) is 0 Å². The summed E-state index contributed by atoms with van der Waals surface area (Å²) < 4.78 is 5.67. The van der Waals surface area contributed by atoms with E-state index in [9.17, 15) is 0 Å². The highest BCUT2D eigenvalue weighted by molar-refractivity contribution is 7.09. The number of hydrogen-bond acceptors (Lipinski definition) is 4. The average Bonchev–Trinajstić information content (AvgIpc) is 2.91. The normalized spacial score (nSPS) is 17.0. The molecular weight excluding hydrogens is 220 g/mol. The monoisotopic (exact) mass is 236 g/mol. The number of aromatic nitrogens is 1. The fraction of sp³-hybridized carbons (Fsp3) is 0.667. The Labute approximate surface area is 100 Å². The molecule has 4 heteroatoms. The highest BCUT2D eigenvalue weighted by Crippen LogP contribution is 2.48. The molecule has 1 heterocycles. The predicted molar refractivity (Wildman–Crippen MR) is 63.3 cm³/mol. The van der Waals surface area contributed by atoms with Gasteiger partial charge in [-0.3, -0.25) is 0 Å². The molecule has 0 unspecified atom stereocenters. The van der Waals surface area contributed by atoms with Crippen LogP contribution in [-0.2, 0) is 11.2 Å². The summed E-state index contributed by atoms with van der Waals surface area (Å²) in [6.07, 6.45) is 3.89. The lowest BCUT2D eigenvalue weighted by Gasteiger charge is -2.10. The molecule has 0 aliphatic heterocycles. The van der Waals surface area contributed by atoms with E-state index in [4.69, 9.17) is 10.00 Å². The van der Waals surface area contributed by atoms with Crippen molar-refractivity contribution < 1.29 is 4.74 Å². The Morgan fingerprint density at radius 3 is 3.00 bits per heavy atom. The summed E-state index contributed by atoms with van der Waals surface area (Å²) in [5.41, 5.74) is 3.20. The Morgan fingerprint density at radius 1 is 1.62 bits per heavy atom. The molecule has 1 fully saturated rings. The second kappa shape index (κ2) is 4.94. The molecule has 16 heavy (non-hydrogen) atoms. The van der Waals surface area contributed by atoms with Gasteiger partial charge in [0.05, 0.1) is 30.5 Å². The molecule has 1 aliphatic carbocycles. The van der Waals surface area contributed by atoms with Crippen LogP contribution in [0.15, 0.2) is 5.51 Å². The fourth-order valence-electron chi connectivity index (χ4n) is 1.74. The van der Waals surface area contributed by atoms with Crippen LogP contribution in [0.5, 0.6) is 0 Å². The van der Waals surface area contributed by atoms with E-state index in [1.807, 2.05) is 12.4 Å². The minimum atomic E-state index is 0.206. The van der Waals surface area contributed by atoms with E-state index >= 15 is 0 Å². The summed E-state index contributed by atoms with van der Waals surface area (Å²) in [5.74, 6) is 0. The van der Waals surface area contributed by atoms with Crippen molar-refractivity contribution in [2.45, 2.75) is 32.6 Å². The summed E-state index contributed by atoms with van der Waals surface area (Å²) in [6, 6.07) is 2.25. The van der Waals surface area contributed by atoms with Gasteiger partial charge in [0.15, 0.2) is 0 Å². The van der Waals surface area contributed by atoms with E-state index in [0.717, 1.165) is 38.2 Å². The lowest BCUT2D eigenvalue weighted by atomic mass is 10.1. The van der Waals surface area contributed by atoms with E-state index < -0.39 is 0 Å². The van der Waals surface area contributed by atoms with E-state index in [0.29, 0.717) is 6.42 Å². The molecule has 1 saturated carbocycles. The van der Waals surface area contributed by atoms with Gasteiger partial charge in [-0.05, 0) is 19.8 Å². The molecule has 0 saturated heterocycles. The molecule has 0 spiro atoms. The third-order valence-corrected chi connectivity index (χ3v) is 4.13. The number of nitrogens with zero attached hydrogens (tertiary/aromatic N) is 2. The van der Waals surface area contributed by atoms with Crippen molar-refractivity contribution >= 4 is 11.3 Å². The van der Waals surface area contributed by atoms with Crippen molar-refractivity contribution in [2.24, 2.45) is 5.41 Å². The van der Waals surface area contributed by atoms with Crippen LogP contribution in [0, 0.1) is 23.7 Å². The molecule has 0 radical (unpaired) electrons. The molecule has 0 amide bonds. The maximum Gasteiger partial charge on any atom is 0.0797 e. The lowest BCUT2D eigenvalue weighted by molar-refractivity contribution is 0.0943. The largest absolute Gasteiger partial charge is 0.380 e. The van der Waals surface area contributed by atoms with Crippen LogP contribution in [0.25, 0.3) is 0 Å². The maximum absolute atomic E-state index is 8.67. The Balaban J connectivity index is 1.66. The van der Waals surface area contributed by atoms with Gasteiger partial charge >= 0.3 is 0 Å². The lowest BCUT2D eigenvalue weighted by Crippen LogP contribution is -2.11. The molecule has 1 aromatic rings. The van der Waals surface area contributed by atoms with Crippen molar-refractivity contribution in [3.63, 3.8) is 0 Å². The molecule has 0 aromatic carbocycles. The van der Waals surface area contributed by atoms with Gasteiger partial charge < -0.3 is 4.74 Å². The van der Waals surface area contributed by atoms with E-state index in [-0.39, 0.29) is 5.41 Å². The number of hydrogen-bond donors (Lipinski definition) is 0. The Kier molecular flexibility index (Phi) is 3.57. The van der Waals surface area contributed by atoms with Crippen LogP contribution < -0.4 is 0 Å². The molecule has 3 nitrogen and oxygen atoms in total. The van der Waals surface area contributed by atoms with E-state index in [2.05, 4.69) is 11.1 Å². The minimum Gasteiger partial charge on any atom is -0.380 e. The smallest absolute Gasteiger partial charge is 0.0797 e. The predicted octanol–water partition coefficient (Wildman–Crippen LogP) is 2.70. The highest BCUT2D eigenvalue weighted by Gasteiger charge is 2.42. The quantitative estimate of drug-likeness (QED) is 0.713. The van der Waals surface area contributed by atoms with Crippen molar-refractivity contribution in [2.75, 3.05) is 13.2 Å². The van der Waals surface area contributed by atoms with Gasteiger partial charge in [-0.15, -0.1) is 11.3 Å². The number of ether oxygens (including phenoxy) is 1. The van der Waals surface area contributed by atoms with Gasteiger partial charge in [0.1, 0.15) is 0 Å². The van der Waals surface area contributed by atoms with Crippen LogP contribution in [0.1, 0.15) is 29.8 Å². The zero-order valence-electron chi connectivity index (χ0n) is 9.53.